The van der Waals surface area contributed by atoms with Crippen LogP contribution in [0.1, 0.15) is 18.4 Å². The zero-order chi connectivity index (χ0) is 17.8. The highest BCUT2D eigenvalue weighted by atomic mass is 35.5. The number of likely N-dealkylation sites (tertiary alicyclic amines) is 1. The highest BCUT2D eigenvalue weighted by Crippen LogP contribution is 2.24. The van der Waals surface area contributed by atoms with Crippen molar-refractivity contribution >= 4 is 29.1 Å². The fourth-order valence-electron chi connectivity index (χ4n) is 3.36. The van der Waals surface area contributed by atoms with Gasteiger partial charge in [-0.3, -0.25) is 9.69 Å². The molecule has 0 aliphatic carbocycles. The molecule has 1 atom stereocenters. The van der Waals surface area contributed by atoms with E-state index in [0.29, 0.717) is 23.2 Å². The standard InChI is InChI=1S/C18H25Cl2N3O2/c1-22-8-9-25-17(12-22)18(24)21-14-4-6-23(7-5-14)11-13-2-3-15(19)16(20)10-13/h2-3,10,14,17H,4-9,11-12H2,1H3,(H,21,24). The maximum Gasteiger partial charge on any atom is 0.250 e. The first-order valence-corrected chi connectivity index (χ1v) is 9.53. The third-order valence-corrected chi connectivity index (χ3v) is 5.63. The largest absolute Gasteiger partial charge is 0.366 e. The minimum atomic E-state index is -0.340. The van der Waals surface area contributed by atoms with Gasteiger partial charge in [-0.25, -0.2) is 0 Å². The lowest BCUT2D eigenvalue weighted by Crippen LogP contribution is -2.52. The maximum atomic E-state index is 12.4. The Labute approximate surface area is 159 Å². The molecule has 1 N–H and O–H groups in total. The quantitative estimate of drug-likeness (QED) is 0.863. The van der Waals surface area contributed by atoms with Crippen molar-refractivity contribution < 1.29 is 9.53 Å². The summed E-state index contributed by atoms with van der Waals surface area (Å²) in [7, 11) is 2.02. The van der Waals surface area contributed by atoms with Gasteiger partial charge in [-0.05, 0) is 37.6 Å². The number of carbonyl (C=O) groups is 1. The summed E-state index contributed by atoms with van der Waals surface area (Å²) in [6.45, 7) is 4.94. The van der Waals surface area contributed by atoms with Crippen molar-refractivity contribution in [2.24, 2.45) is 0 Å². The SMILES string of the molecule is CN1CCOC(C(=O)NC2CCN(Cc3ccc(Cl)c(Cl)c3)CC2)C1. The number of hydrogen-bond acceptors (Lipinski definition) is 4. The number of rotatable bonds is 4. The molecule has 5 nitrogen and oxygen atoms in total. The van der Waals surface area contributed by atoms with Gasteiger partial charge in [0.1, 0.15) is 6.10 Å². The van der Waals surface area contributed by atoms with Gasteiger partial charge in [-0.15, -0.1) is 0 Å². The smallest absolute Gasteiger partial charge is 0.250 e. The fraction of sp³-hybridized carbons (Fsp3) is 0.611. The lowest BCUT2D eigenvalue weighted by Gasteiger charge is -2.34. The van der Waals surface area contributed by atoms with Crippen LogP contribution < -0.4 is 5.32 Å². The van der Waals surface area contributed by atoms with Crippen LogP contribution in [0.5, 0.6) is 0 Å². The molecule has 1 unspecified atom stereocenters. The number of nitrogens with one attached hydrogen (secondary N) is 1. The Hall–Kier alpha value is -0.850. The van der Waals surface area contributed by atoms with Gasteiger partial charge in [-0.2, -0.15) is 0 Å². The molecule has 25 heavy (non-hydrogen) atoms. The molecule has 3 rings (SSSR count). The average molecular weight is 386 g/mol. The van der Waals surface area contributed by atoms with E-state index in [2.05, 4.69) is 15.1 Å². The molecule has 0 radical (unpaired) electrons. The van der Waals surface area contributed by atoms with Crippen LogP contribution in [-0.4, -0.2) is 67.7 Å². The first-order valence-electron chi connectivity index (χ1n) is 8.78. The van der Waals surface area contributed by atoms with Gasteiger partial charge in [0.05, 0.1) is 16.7 Å². The predicted octanol–water partition coefficient (Wildman–Crippen LogP) is 2.40. The van der Waals surface area contributed by atoms with Gasteiger partial charge in [0.2, 0.25) is 0 Å². The van der Waals surface area contributed by atoms with E-state index in [1.807, 2.05) is 25.2 Å². The summed E-state index contributed by atoms with van der Waals surface area (Å²) < 4.78 is 5.59. The van der Waals surface area contributed by atoms with Gasteiger partial charge in [0, 0.05) is 38.8 Å². The molecule has 2 heterocycles. The van der Waals surface area contributed by atoms with Gasteiger partial charge in [-0.1, -0.05) is 29.3 Å². The van der Waals surface area contributed by atoms with Crippen molar-refractivity contribution in [1.82, 2.24) is 15.1 Å². The molecular weight excluding hydrogens is 361 g/mol. The molecule has 2 fully saturated rings. The number of piperidine rings is 1. The maximum absolute atomic E-state index is 12.4. The number of nitrogens with zero attached hydrogens (tertiary/aromatic N) is 2. The van der Waals surface area contributed by atoms with E-state index in [1.54, 1.807) is 0 Å². The second-order valence-corrected chi connectivity index (χ2v) is 7.74. The first kappa shape index (κ1) is 18.9. The molecule has 7 heteroatoms. The molecule has 2 saturated heterocycles. The zero-order valence-electron chi connectivity index (χ0n) is 14.5. The van der Waals surface area contributed by atoms with Crippen LogP contribution in [0.3, 0.4) is 0 Å². The van der Waals surface area contributed by atoms with Crippen LogP contribution in [0.15, 0.2) is 18.2 Å². The van der Waals surface area contributed by atoms with Crippen LogP contribution >= 0.6 is 23.2 Å². The Morgan fingerprint density at radius 1 is 1.24 bits per heavy atom. The number of likely N-dealkylation sites (N-methyl/N-ethyl adjacent to an activating group) is 1. The minimum Gasteiger partial charge on any atom is -0.366 e. The normalized spacial score (nSPS) is 23.6. The number of benzene rings is 1. The summed E-state index contributed by atoms with van der Waals surface area (Å²) in [6, 6.07) is 6.01. The number of halogens is 2. The monoisotopic (exact) mass is 385 g/mol. The summed E-state index contributed by atoms with van der Waals surface area (Å²) in [6.07, 6.45) is 1.57. The molecule has 138 valence electrons. The van der Waals surface area contributed by atoms with E-state index in [9.17, 15) is 4.79 Å². The van der Waals surface area contributed by atoms with Crippen molar-refractivity contribution in [3.05, 3.63) is 33.8 Å². The van der Waals surface area contributed by atoms with E-state index < -0.39 is 0 Å². The van der Waals surface area contributed by atoms with Crippen LogP contribution in [0.4, 0.5) is 0 Å². The van der Waals surface area contributed by atoms with Crippen molar-refractivity contribution in [2.45, 2.75) is 31.5 Å². The number of carbonyl (C=O) groups excluding carboxylic acids is 1. The van der Waals surface area contributed by atoms with Crippen molar-refractivity contribution in [1.29, 1.82) is 0 Å². The van der Waals surface area contributed by atoms with Gasteiger partial charge < -0.3 is 15.0 Å². The Morgan fingerprint density at radius 3 is 2.68 bits per heavy atom. The van der Waals surface area contributed by atoms with E-state index in [4.69, 9.17) is 27.9 Å². The Morgan fingerprint density at radius 2 is 2.00 bits per heavy atom. The van der Waals surface area contributed by atoms with Crippen molar-refractivity contribution in [2.75, 3.05) is 39.8 Å². The first-order chi connectivity index (χ1) is 12.0. The van der Waals surface area contributed by atoms with E-state index in [-0.39, 0.29) is 18.1 Å². The molecule has 2 aliphatic rings. The molecule has 0 aromatic heterocycles. The average Bonchev–Trinajstić information content (AvgIpc) is 2.60. The van der Waals surface area contributed by atoms with E-state index in [0.717, 1.165) is 44.6 Å². The molecule has 1 aromatic carbocycles. The van der Waals surface area contributed by atoms with Gasteiger partial charge in [0.25, 0.3) is 5.91 Å². The van der Waals surface area contributed by atoms with Gasteiger partial charge in [0.15, 0.2) is 0 Å². The van der Waals surface area contributed by atoms with Crippen molar-refractivity contribution in [3.8, 4) is 0 Å². The van der Waals surface area contributed by atoms with Crippen LogP contribution in [0, 0.1) is 0 Å². The highest BCUT2D eigenvalue weighted by Gasteiger charge is 2.28. The lowest BCUT2D eigenvalue weighted by atomic mass is 10.0. The molecule has 1 amide bonds. The topological polar surface area (TPSA) is 44.8 Å². The summed E-state index contributed by atoms with van der Waals surface area (Å²) >= 11 is 12.0. The predicted molar refractivity (Wildman–Crippen MR) is 100 cm³/mol. The molecule has 1 aromatic rings. The number of morpholine rings is 1. The lowest BCUT2D eigenvalue weighted by molar-refractivity contribution is -0.138. The number of hydrogen-bond donors (Lipinski definition) is 1. The number of ether oxygens (including phenoxy) is 1. The molecular formula is C18H25Cl2N3O2. The Bertz CT molecular complexity index is 606. The minimum absolute atomic E-state index is 0.0227. The molecule has 0 saturated carbocycles. The second kappa shape index (κ2) is 8.69. The van der Waals surface area contributed by atoms with E-state index >= 15 is 0 Å². The molecule has 0 bridgehead atoms. The van der Waals surface area contributed by atoms with Crippen LogP contribution in [0.2, 0.25) is 10.0 Å². The summed E-state index contributed by atoms with van der Waals surface area (Å²) in [4.78, 5) is 16.9. The summed E-state index contributed by atoms with van der Waals surface area (Å²) in [5, 5.41) is 4.34. The third-order valence-electron chi connectivity index (χ3n) is 4.89. The molecule has 2 aliphatic heterocycles. The highest BCUT2D eigenvalue weighted by molar-refractivity contribution is 6.42. The number of amides is 1. The third kappa shape index (κ3) is 5.31. The summed E-state index contributed by atoms with van der Waals surface area (Å²) in [5.41, 5.74) is 1.16. The van der Waals surface area contributed by atoms with E-state index in [1.165, 1.54) is 0 Å². The molecule has 0 spiro atoms. The second-order valence-electron chi connectivity index (χ2n) is 6.93. The fourth-order valence-corrected chi connectivity index (χ4v) is 3.68. The van der Waals surface area contributed by atoms with Crippen LogP contribution in [0.25, 0.3) is 0 Å². The van der Waals surface area contributed by atoms with Crippen molar-refractivity contribution in [3.63, 3.8) is 0 Å². The zero-order valence-corrected chi connectivity index (χ0v) is 16.0. The van der Waals surface area contributed by atoms with Crippen LogP contribution in [-0.2, 0) is 16.1 Å². The Kier molecular flexibility index (Phi) is 6.58. The van der Waals surface area contributed by atoms with Gasteiger partial charge >= 0.3 is 0 Å². The Balaban J connectivity index is 1.43. The summed E-state index contributed by atoms with van der Waals surface area (Å²) in [5.74, 6) is 0.0227.